The zero-order chi connectivity index (χ0) is 21.9. The topological polar surface area (TPSA) is 75.2 Å². The number of para-hydroxylation sites is 2. The Bertz CT molecular complexity index is 874. The Hall–Kier alpha value is -2.49. The molecule has 2 N–H and O–H groups in total. The van der Waals surface area contributed by atoms with Crippen molar-refractivity contribution >= 4 is 41.5 Å². The van der Waals surface area contributed by atoms with Crippen LogP contribution in [0.3, 0.4) is 0 Å². The number of benzene rings is 2. The number of hydrogen-bond donors (Lipinski definition) is 2. The molecule has 174 valence electrons. The molecule has 1 amide bonds. The number of aryl methyl sites for hydroxylation is 1. The molecule has 0 fully saturated rings. The number of unbranched alkanes of at least 4 members (excludes halogenated alkanes) is 1. The summed E-state index contributed by atoms with van der Waals surface area (Å²) in [6.07, 6.45) is 4.03. The molecule has 0 aliphatic carbocycles. The number of hydrogen-bond acceptors (Lipinski definition) is 4. The minimum Gasteiger partial charge on any atom is -0.497 e. The summed E-state index contributed by atoms with van der Waals surface area (Å²) in [7, 11) is 3.46. The van der Waals surface area contributed by atoms with Gasteiger partial charge in [-0.05, 0) is 55.5 Å². The average Bonchev–Trinajstić information content (AvgIpc) is 2.81. The van der Waals surface area contributed by atoms with Crippen molar-refractivity contribution in [1.82, 2.24) is 10.6 Å². The van der Waals surface area contributed by atoms with Crippen LogP contribution in [0.5, 0.6) is 11.5 Å². The second kappa shape index (κ2) is 13.8. The summed E-state index contributed by atoms with van der Waals surface area (Å²) < 4.78 is 10.7. The van der Waals surface area contributed by atoms with E-state index in [1.165, 1.54) is 5.56 Å². The van der Waals surface area contributed by atoms with Gasteiger partial charge in [-0.15, -0.1) is 24.0 Å². The van der Waals surface area contributed by atoms with Crippen molar-refractivity contribution in [3.63, 3.8) is 0 Å². The molecule has 0 radical (unpaired) electrons. The highest BCUT2D eigenvalue weighted by molar-refractivity contribution is 14.0. The van der Waals surface area contributed by atoms with E-state index in [0.717, 1.165) is 61.9 Å². The van der Waals surface area contributed by atoms with Crippen molar-refractivity contribution in [3.05, 3.63) is 54.1 Å². The maximum Gasteiger partial charge on any atom is 0.265 e. The van der Waals surface area contributed by atoms with Crippen molar-refractivity contribution in [2.75, 3.05) is 45.3 Å². The Balaban J connectivity index is 0.00000363. The summed E-state index contributed by atoms with van der Waals surface area (Å²) in [5, 5.41) is 6.68. The van der Waals surface area contributed by atoms with Crippen LogP contribution in [0.1, 0.15) is 24.8 Å². The van der Waals surface area contributed by atoms with E-state index in [-0.39, 0.29) is 36.5 Å². The Labute approximate surface area is 207 Å². The Morgan fingerprint density at radius 1 is 1.06 bits per heavy atom. The zero-order valence-corrected chi connectivity index (χ0v) is 21.1. The molecule has 32 heavy (non-hydrogen) atoms. The third-order valence-electron chi connectivity index (χ3n) is 5.23. The minimum atomic E-state index is -0.00179. The number of carbonyl (C=O) groups excluding carboxylic acids is 1. The van der Waals surface area contributed by atoms with Crippen molar-refractivity contribution in [3.8, 4) is 11.5 Å². The number of guanidine groups is 1. The van der Waals surface area contributed by atoms with E-state index in [1.54, 1.807) is 19.1 Å². The molecular formula is C24H33IN4O3. The summed E-state index contributed by atoms with van der Waals surface area (Å²) in [5.41, 5.74) is 2.17. The number of nitrogens with zero attached hydrogens (tertiary/aromatic N) is 2. The van der Waals surface area contributed by atoms with Crippen LogP contribution in [0.15, 0.2) is 53.5 Å². The van der Waals surface area contributed by atoms with Gasteiger partial charge in [0, 0.05) is 26.7 Å². The second-order valence-corrected chi connectivity index (χ2v) is 7.39. The molecule has 1 aliphatic heterocycles. The highest BCUT2D eigenvalue weighted by atomic mass is 127. The number of amides is 1. The summed E-state index contributed by atoms with van der Waals surface area (Å²) in [6.45, 7) is 2.35. The van der Waals surface area contributed by atoms with Crippen LogP contribution in [0, 0.1) is 0 Å². The number of rotatable bonds is 10. The molecule has 7 nitrogen and oxygen atoms in total. The van der Waals surface area contributed by atoms with Crippen LogP contribution in [0.4, 0.5) is 5.69 Å². The lowest BCUT2D eigenvalue weighted by Crippen LogP contribution is -2.42. The number of carbonyl (C=O) groups is 1. The molecular weight excluding hydrogens is 519 g/mol. The lowest BCUT2D eigenvalue weighted by atomic mass is 10.1. The predicted octanol–water partition coefficient (Wildman–Crippen LogP) is 3.62. The summed E-state index contributed by atoms with van der Waals surface area (Å²) in [4.78, 5) is 18.3. The Kier molecular flexibility index (Phi) is 11.1. The minimum absolute atomic E-state index is 0. The number of anilines is 1. The van der Waals surface area contributed by atoms with Gasteiger partial charge in [0.05, 0.1) is 12.8 Å². The first-order valence-corrected chi connectivity index (χ1v) is 10.8. The standard InChI is InChI=1S/C24H32N4O3.HI/c1-25-24(26-15-6-5-8-19-11-13-20(30-2)14-12-19)27-16-7-17-28-21-9-3-4-10-22(21)31-18-23(28)29;/h3-4,9-14H,5-8,15-18H2,1-2H3,(H2,25,26,27);1H. The van der Waals surface area contributed by atoms with Gasteiger partial charge in [0.1, 0.15) is 11.5 Å². The van der Waals surface area contributed by atoms with Crippen LogP contribution >= 0.6 is 24.0 Å². The molecule has 2 aromatic rings. The third-order valence-corrected chi connectivity index (χ3v) is 5.23. The van der Waals surface area contributed by atoms with Gasteiger partial charge >= 0.3 is 0 Å². The largest absolute Gasteiger partial charge is 0.497 e. The number of aliphatic imine (C=N–C) groups is 1. The number of methoxy groups -OCH3 is 1. The first kappa shape index (κ1) is 25.8. The summed E-state index contributed by atoms with van der Waals surface area (Å²) >= 11 is 0. The molecule has 0 saturated heterocycles. The van der Waals surface area contributed by atoms with Crippen molar-refractivity contribution in [2.45, 2.75) is 25.7 Å². The predicted molar refractivity (Wildman–Crippen MR) is 140 cm³/mol. The molecule has 8 heteroatoms. The lowest BCUT2D eigenvalue weighted by molar-refractivity contribution is -0.121. The van der Waals surface area contributed by atoms with Gasteiger partial charge in [-0.1, -0.05) is 24.3 Å². The lowest BCUT2D eigenvalue weighted by Gasteiger charge is -2.29. The molecule has 2 aromatic carbocycles. The van der Waals surface area contributed by atoms with Crippen molar-refractivity contribution in [2.24, 2.45) is 4.99 Å². The van der Waals surface area contributed by atoms with E-state index in [9.17, 15) is 4.79 Å². The molecule has 0 aromatic heterocycles. The van der Waals surface area contributed by atoms with Crippen LogP contribution < -0.4 is 25.0 Å². The molecule has 0 atom stereocenters. The van der Waals surface area contributed by atoms with Crippen molar-refractivity contribution < 1.29 is 14.3 Å². The van der Waals surface area contributed by atoms with Gasteiger partial charge in [0.25, 0.3) is 5.91 Å². The molecule has 3 rings (SSSR count). The van der Waals surface area contributed by atoms with Crippen molar-refractivity contribution in [1.29, 1.82) is 0 Å². The van der Waals surface area contributed by atoms with Crippen LogP contribution in [0.25, 0.3) is 0 Å². The maximum atomic E-state index is 12.2. The van der Waals surface area contributed by atoms with Gasteiger partial charge in [-0.3, -0.25) is 9.79 Å². The molecule has 0 unspecified atom stereocenters. The Morgan fingerprint density at radius 2 is 1.78 bits per heavy atom. The van der Waals surface area contributed by atoms with E-state index in [2.05, 4.69) is 27.8 Å². The zero-order valence-electron chi connectivity index (χ0n) is 18.8. The number of halogens is 1. The molecule has 0 bridgehead atoms. The smallest absolute Gasteiger partial charge is 0.265 e. The highest BCUT2D eigenvalue weighted by Gasteiger charge is 2.24. The summed E-state index contributed by atoms with van der Waals surface area (Å²) in [6, 6.07) is 15.9. The van der Waals surface area contributed by atoms with Gasteiger partial charge < -0.3 is 25.0 Å². The van der Waals surface area contributed by atoms with Crippen LogP contribution in [-0.2, 0) is 11.2 Å². The van der Waals surface area contributed by atoms with Crippen LogP contribution in [0.2, 0.25) is 0 Å². The second-order valence-electron chi connectivity index (χ2n) is 7.39. The van der Waals surface area contributed by atoms with Gasteiger partial charge in [0.2, 0.25) is 0 Å². The number of ether oxygens (including phenoxy) is 2. The van der Waals surface area contributed by atoms with Gasteiger partial charge in [0.15, 0.2) is 12.6 Å². The SMILES string of the molecule is CN=C(NCCCCc1ccc(OC)cc1)NCCCN1C(=O)COc2ccccc21.I. The fourth-order valence-corrected chi connectivity index (χ4v) is 3.52. The maximum absolute atomic E-state index is 12.2. The fourth-order valence-electron chi connectivity index (χ4n) is 3.52. The monoisotopic (exact) mass is 552 g/mol. The molecule has 1 aliphatic rings. The number of nitrogens with one attached hydrogen (secondary N) is 2. The quantitative estimate of drug-likeness (QED) is 0.204. The molecule has 0 saturated carbocycles. The third kappa shape index (κ3) is 7.58. The Morgan fingerprint density at radius 3 is 2.50 bits per heavy atom. The average molecular weight is 552 g/mol. The fraction of sp³-hybridized carbons (Fsp3) is 0.417. The first-order chi connectivity index (χ1) is 15.2. The first-order valence-electron chi connectivity index (χ1n) is 10.8. The van der Waals surface area contributed by atoms with Gasteiger partial charge in [-0.25, -0.2) is 0 Å². The van der Waals surface area contributed by atoms with Crippen LogP contribution in [-0.4, -0.2) is 52.3 Å². The van der Waals surface area contributed by atoms with E-state index >= 15 is 0 Å². The molecule has 0 spiro atoms. The van der Waals surface area contributed by atoms with E-state index in [0.29, 0.717) is 6.54 Å². The molecule has 1 heterocycles. The number of fused-ring (bicyclic) bond motifs is 1. The van der Waals surface area contributed by atoms with E-state index in [4.69, 9.17) is 9.47 Å². The summed E-state index contributed by atoms with van der Waals surface area (Å²) in [5.74, 6) is 2.45. The van der Waals surface area contributed by atoms with E-state index < -0.39 is 0 Å². The highest BCUT2D eigenvalue weighted by Crippen LogP contribution is 2.31. The van der Waals surface area contributed by atoms with E-state index in [1.807, 2.05) is 36.4 Å². The normalized spacial score (nSPS) is 13.0. The van der Waals surface area contributed by atoms with Gasteiger partial charge in [-0.2, -0.15) is 0 Å².